The monoisotopic (exact) mass is 208 g/mol. The van der Waals surface area contributed by atoms with Crippen molar-refractivity contribution in [3.8, 4) is 17.2 Å². The molecule has 2 aromatic rings. The van der Waals surface area contributed by atoms with Gasteiger partial charge in [-0.05, 0) is 5.16 Å². The molecule has 0 unspecified atom stereocenters. The SMILES string of the molecule is [CH2]Oc1noc(-c2ccccc2)c1Cl. The van der Waals surface area contributed by atoms with Crippen LogP contribution < -0.4 is 4.74 Å². The lowest BCUT2D eigenvalue weighted by Gasteiger charge is -1.94. The van der Waals surface area contributed by atoms with Crippen LogP contribution in [-0.4, -0.2) is 5.16 Å². The maximum absolute atomic E-state index is 5.94. The Morgan fingerprint density at radius 2 is 2.00 bits per heavy atom. The van der Waals surface area contributed by atoms with Gasteiger partial charge in [-0.25, -0.2) is 0 Å². The van der Waals surface area contributed by atoms with Gasteiger partial charge in [0.25, 0.3) is 5.88 Å². The minimum atomic E-state index is 0.200. The van der Waals surface area contributed by atoms with Crippen molar-refractivity contribution < 1.29 is 9.26 Å². The van der Waals surface area contributed by atoms with Crippen molar-refractivity contribution in [3.63, 3.8) is 0 Å². The number of hydrogen-bond acceptors (Lipinski definition) is 3. The van der Waals surface area contributed by atoms with E-state index < -0.39 is 0 Å². The van der Waals surface area contributed by atoms with Crippen LogP contribution >= 0.6 is 11.6 Å². The van der Waals surface area contributed by atoms with Gasteiger partial charge >= 0.3 is 0 Å². The van der Waals surface area contributed by atoms with Gasteiger partial charge in [-0.3, -0.25) is 0 Å². The molecule has 4 heteroatoms. The summed E-state index contributed by atoms with van der Waals surface area (Å²) < 4.78 is 9.69. The third-order valence-corrected chi connectivity index (χ3v) is 2.11. The van der Waals surface area contributed by atoms with Gasteiger partial charge in [0.15, 0.2) is 10.8 Å². The number of halogens is 1. The molecule has 0 bridgehead atoms. The van der Waals surface area contributed by atoms with Gasteiger partial charge in [-0.1, -0.05) is 41.9 Å². The number of ether oxygens (including phenoxy) is 1. The zero-order valence-corrected chi connectivity index (χ0v) is 7.99. The van der Waals surface area contributed by atoms with Crippen molar-refractivity contribution in [2.24, 2.45) is 0 Å². The van der Waals surface area contributed by atoms with E-state index >= 15 is 0 Å². The number of aromatic nitrogens is 1. The molecule has 0 fully saturated rings. The summed E-state index contributed by atoms with van der Waals surface area (Å²) in [5.74, 6) is 0.691. The standard InChI is InChI=1S/C10H7ClNO2/c1-13-10-8(11)9(14-12-10)7-5-3-2-4-6-7/h2-6H,1H2. The summed E-state index contributed by atoms with van der Waals surface area (Å²) in [7, 11) is 3.22. The second-order valence-electron chi connectivity index (χ2n) is 2.64. The minimum Gasteiger partial charge on any atom is -0.471 e. The van der Waals surface area contributed by atoms with Crippen LogP contribution in [0.4, 0.5) is 0 Å². The van der Waals surface area contributed by atoms with Gasteiger partial charge in [0.2, 0.25) is 0 Å². The lowest BCUT2D eigenvalue weighted by Crippen LogP contribution is -1.78. The Labute approximate surface area is 86.2 Å². The Morgan fingerprint density at radius 1 is 1.29 bits per heavy atom. The van der Waals surface area contributed by atoms with E-state index in [9.17, 15) is 0 Å². The lowest BCUT2D eigenvalue weighted by molar-refractivity contribution is 0.369. The highest BCUT2D eigenvalue weighted by atomic mass is 35.5. The quantitative estimate of drug-likeness (QED) is 0.761. The van der Waals surface area contributed by atoms with Gasteiger partial charge in [0.1, 0.15) is 7.11 Å². The summed E-state index contributed by atoms with van der Waals surface area (Å²) in [6, 6.07) is 9.43. The third-order valence-electron chi connectivity index (χ3n) is 1.78. The highest BCUT2D eigenvalue weighted by Gasteiger charge is 2.15. The average molecular weight is 209 g/mol. The summed E-state index contributed by atoms with van der Waals surface area (Å²) >= 11 is 5.94. The second kappa shape index (κ2) is 3.72. The number of nitrogens with zero attached hydrogens (tertiary/aromatic N) is 1. The number of hydrogen-bond donors (Lipinski definition) is 0. The van der Waals surface area contributed by atoms with Crippen molar-refractivity contribution in [2.45, 2.75) is 0 Å². The van der Waals surface area contributed by atoms with E-state index in [1.54, 1.807) is 0 Å². The molecule has 1 aromatic heterocycles. The molecule has 1 radical (unpaired) electrons. The predicted octanol–water partition coefficient (Wildman–Crippen LogP) is 3.17. The summed E-state index contributed by atoms with van der Waals surface area (Å²) in [5.41, 5.74) is 0.855. The van der Waals surface area contributed by atoms with Crippen LogP contribution in [0.2, 0.25) is 5.02 Å². The molecule has 3 nitrogen and oxygen atoms in total. The first kappa shape index (κ1) is 9.09. The maximum atomic E-state index is 5.94. The smallest absolute Gasteiger partial charge is 0.273 e. The Hall–Kier alpha value is -1.48. The Balaban J connectivity index is 2.48. The normalized spacial score (nSPS) is 10.1. The molecule has 0 amide bonds. The number of rotatable bonds is 2. The van der Waals surface area contributed by atoms with Gasteiger partial charge in [-0.2, -0.15) is 0 Å². The molecule has 2 rings (SSSR count). The fourth-order valence-electron chi connectivity index (χ4n) is 1.12. The fraction of sp³-hybridized carbons (Fsp3) is 0. The van der Waals surface area contributed by atoms with Crippen molar-refractivity contribution in [2.75, 3.05) is 0 Å². The van der Waals surface area contributed by atoms with Crippen molar-refractivity contribution >= 4 is 11.6 Å². The first-order valence-electron chi connectivity index (χ1n) is 3.95. The van der Waals surface area contributed by atoms with E-state index in [1.165, 1.54) is 0 Å². The van der Waals surface area contributed by atoms with Gasteiger partial charge in [0.05, 0.1) is 0 Å². The summed E-state index contributed by atoms with van der Waals surface area (Å²) in [6.45, 7) is 0. The molecule has 0 saturated heterocycles. The van der Waals surface area contributed by atoms with Crippen LogP contribution in [0.25, 0.3) is 11.3 Å². The molecule has 0 N–H and O–H groups in total. The number of benzene rings is 1. The van der Waals surface area contributed by atoms with Gasteiger partial charge in [0, 0.05) is 5.56 Å². The molecule has 1 heterocycles. The molecule has 14 heavy (non-hydrogen) atoms. The summed E-state index contributed by atoms with van der Waals surface area (Å²) in [6.07, 6.45) is 0. The maximum Gasteiger partial charge on any atom is 0.273 e. The van der Waals surface area contributed by atoms with E-state index in [2.05, 4.69) is 17.0 Å². The van der Waals surface area contributed by atoms with Crippen LogP contribution in [0.5, 0.6) is 5.88 Å². The van der Waals surface area contributed by atoms with Crippen LogP contribution in [0.1, 0.15) is 0 Å². The van der Waals surface area contributed by atoms with Crippen molar-refractivity contribution in [3.05, 3.63) is 42.5 Å². The van der Waals surface area contributed by atoms with Crippen LogP contribution in [0.3, 0.4) is 0 Å². The largest absolute Gasteiger partial charge is 0.471 e. The van der Waals surface area contributed by atoms with E-state index in [1.807, 2.05) is 30.3 Å². The van der Waals surface area contributed by atoms with Crippen LogP contribution in [0.15, 0.2) is 34.9 Å². The third kappa shape index (κ3) is 1.46. The first-order chi connectivity index (χ1) is 6.83. The zero-order chi connectivity index (χ0) is 9.97. The average Bonchev–Trinajstić information content (AvgIpc) is 2.61. The summed E-state index contributed by atoms with van der Waals surface area (Å²) in [4.78, 5) is 0. The van der Waals surface area contributed by atoms with Gasteiger partial charge in [-0.15, -0.1) is 0 Å². The van der Waals surface area contributed by atoms with Crippen molar-refractivity contribution in [1.29, 1.82) is 0 Å². The molecule has 0 aliphatic heterocycles. The Morgan fingerprint density at radius 3 is 2.57 bits per heavy atom. The van der Waals surface area contributed by atoms with Crippen LogP contribution in [-0.2, 0) is 0 Å². The van der Waals surface area contributed by atoms with E-state index in [-0.39, 0.29) is 5.88 Å². The minimum absolute atomic E-state index is 0.200. The molecule has 0 aliphatic carbocycles. The lowest BCUT2D eigenvalue weighted by atomic mass is 10.2. The molecule has 0 spiro atoms. The molecule has 71 valence electrons. The molecular weight excluding hydrogens is 202 g/mol. The molecule has 0 aliphatic rings. The molecular formula is C10H7ClNO2. The van der Waals surface area contributed by atoms with Crippen molar-refractivity contribution in [1.82, 2.24) is 5.16 Å². The van der Waals surface area contributed by atoms with E-state index in [0.717, 1.165) is 5.56 Å². The van der Waals surface area contributed by atoms with Crippen LogP contribution in [0, 0.1) is 7.11 Å². The summed E-state index contributed by atoms with van der Waals surface area (Å²) in [5, 5.41) is 3.96. The molecule has 0 saturated carbocycles. The fourth-order valence-corrected chi connectivity index (χ4v) is 1.36. The highest BCUT2D eigenvalue weighted by Crippen LogP contribution is 2.34. The van der Waals surface area contributed by atoms with E-state index in [0.29, 0.717) is 10.8 Å². The molecule has 1 aromatic carbocycles. The second-order valence-corrected chi connectivity index (χ2v) is 3.02. The first-order valence-corrected chi connectivity index (χ1v) is 4.33. The highest BCUT2D eigenvalue weighted by molar-refractivity contribution is 6.34. The molecule has 0 atom stereocenters. The van der Waals surface area contributed by atoms with E-state index in [4.69, 9.17) is 16.1 Å². The Kier molecular flexibility index (Phi) is 2.41. The van der Waals surface area contributed by atoms with Gasteiger partial charge < -0.3 is 9.26 Å². The Bertz CT molecular complexity index is 425. The predicted molar refractivity (Wildman–Crippen MR) is 52.9 cm³/mol. The topological polar surface area (TPSA) is 35.3 Å². The zero-order valence-electron chi connectivity index (χ0n) is 7.24.